The molecule has 1 heterocycles. The Morgan fingerprint density at radius 1 is 1.30 bits per heavy atom. The van der Waals surface area contributed by atoms with Crippen molar-refractivity contribution in [3.63, 3.8) is 0 Å². The predicted octanol–water partition coefficient (Wildman–Crippen LogP) is 1.33. The van der Waals surface area contributed by atoms with Gasteiger partial charge in [-0.2, -0.15) is 0 Å². The van der Waals surface area contributed by atoms with Gasteiger partial charge in [-0.05, 0) is 36.6 Å². The summed E-state index contributed by atoms with van der Waals surface area (Å²) < 4.78 is 4.66. The van der Waals surface area contributed by atoms with Crippen molar-refractivity contribution in [1.82, 2.24) is 15.5 Å². The SMILES string of the molecule is COC(=O)c1ccc(CNC(=O)CC2C(=O)NCCN2CCC(C)C)cc1. The second-order valence-electron chi connectivity index (χ2n) is 7.19. The van der Waals surface area contributed by atoms with Crippen molar-refractivity contribution in [2.24, 2.45) is 5.92 Å². The average Bonchev–Trinajstić information content (AvgIpc) is 2.66. The summed E-state index contributed by atoms with van der Waals surface area (Å²) in [6.45, 7) is 6.86. The lowest BCUT2D eigenvalue weighted by Crippen LogP contribution is -2.56. The number of esters is 1. The van der Waals surface area contributed by atoms with Crippen LogP contribution in [0.15, 0.2) is 24.3 Å². The summed E-state index contributed by atoms with van der Waals surface area (Å²) in [6, 6.07) is 6.45. The monoisotopic (exact) mass is 375 g/mol. The Kier molecular flexibility index (Phi) is 7.79. The minimum absolute atomic E-state index is 0.0809. The molecule has 0 aromatic heterocycles. The molecule has 1 fully saturated rings. The molecule has 0 aliphatic carbocycles. The Bertz CT molecular complexity index is 658. The summed E-state index contributed by atoms with van der Waals surface area (Å²) in [4.78, 5) is 38.1. The third-order valence-corrected chi connectivity index (χ3v) is 4.68. The van der Waals surface area contributed by atoms with Crippen molar-refractivity contribution in [3.05, 3.63) is 35.4 Å². The van der Waals surface area contributed by atoms with E-state index in [2.05, 4.69) is 34.1 Å². The summed E-state index contributed by atoms with van der Waals surface area (Å²) in [6.07, 6.45) is 1.14. The minimum Gasteiger partial charge on any atom is -0.465 e. The maximum atomic E-state index is 12.3. The molecule has 2 amide bonds. The number of carbonyl (C=O) groups excluding carboxylic acids is 3. The summed E-state index contributed by atoms with van der Waals surface area (Å²) >= 11 is 0. The van der Waals surface area contributed by atoms with Gasteiger partial charge in [-0.25, -0.2) is 4.79 Å². The molecule has 0 spiro atoms. The number of nitrogens with one attached hydrogen (secondary N) is 2. The predicted molar refractivity (Wildman–Crippen MR) is 102 cm³/mol. The van der Waals surface area contributed by atoms with Crippen LogP contribution >= 0.6 is 0 Å². The number of amides is 2. The molecule has 1 aromatic carbocycles. The molecule has 1 atom stereocenters. The number of benzene rings is 1. The van der Waals surface area contributed by atoms with E-state index < -0.39 is 12.0 Å². The zero-order valence-corrected chi connectivity index (χ0v) is 16.3. The largest absolute Gasteiger partial charge is 0.465 e. The van der Waals surface area contributed by atoms with Crippen molar-refractivity contribution >= 4 is 17.8 Å². The van der Waals surface area contributed by atoms with Crippen LogP contribution in [0.25, 0.3) is 0 Å². The molecule has 1 aromatic rings. The first kappa shape index (κ1) is 20.9. The third-order valence-electron chi connectivity index (χ3n) is 4.68. The van der Waals surface area contributed by atoms with Gasteiger partial charge in [0.25, 0.3) is 0 Å². The number of nitrogens with zero attached hydrogens (tertiary/aromatic N) is 1. The molecular formula is C20H29N3O4. The highest BCUT2D eigenvalue weighted by atomic mass is 16.5. The fraction of sp³-hybridized carbons (Fsp3) is 0.550. The summed E-state index contributed by atoms with van der Waals surface area (Å²) in [5, 5.41) is 5.70. The van der Waals surface area contributed by atoms with Gasteiger partial charge in [-0.1, -0.05) is 26.0 Å². The molecule has 148 valence electrons. The summed E-state index contributed by atoms with van der Waals surface area (Å²) in [5.41, 5.74) is 1.34. The number of ether oxygens (including phenoxy) is 1. The first-order valence-corrected chi connectivity index (χ1v) is 9.36. The zero-order valence-electron chi connectivity index (χ0n) is 16.3. The smallest absolute Gasteiger partial charge is 0.337 e. The highest BCUT2D eigenvalue weighted by Crippen LogP contribution is 2.12. The molecule has 27 heavy (non-hydrogen) atoms. The molecule has 7 nitrogen and oxygen atoms in total. The van der Waals surface area contributed by atoms with Crippen molar-refractivity contribution in [3.8, 4) is 0 Å². The molecule has 0 saturated carbocycles. The lowest BCUT2D eigenvalue weighted by molar-refractivity contribution is -0.134. The van der Waals surface area contributed by atoms with Crippen LogP contribution in [0.4, 0.5) is 0 Å². The van der Waals surface area contributed by atoms with E-state index in [0.717, 1.165) is 25.1 Å². The number of rotatable bonds is 8. The normalized spacial score (nSPS) is 17.5. The van der Waals surface area contributed by atoms with E-state index in [4.69, 9.17) is 0 Å². The van der Waals surface area contributed by atoms with Gasteiger partial charge in [0.2, 0.25) is 11.8 Å². The number of hydrogen-bond acceptors (Lipinski definition) is 5. The van der Waals surface area contributed by atoms with E-state index in [9.17, 15) is 14.4 Å². The van der Waals surface area contributed by atoms with E-state index in [-0.39, 0.29) is 18.2 Å². The molecule has 7 heteroatoms. The number of hydrogen-bond donors (Lipinski definition) is 2. The molecule has 2 N–H and O–H groups in total. The Morgan fingerprint density at radius 2 is 2.00 bits per heavy atom. The van der Waals surface area contributed by atoms with Gasteiger partial charge in [0.05, 0.1) is 25.1 Å². The quantitative estimate of drug-likeness (QED) is 0.669. The first-order chi connectivity index (χ1) is 12.9. The molecule has 0 bridgehead atoms. The first-order valence-electron chi connectivity index (χ1n) is 9.36. The van der Waals surface area contributed by atoms with E-state index in [0.29, 0.717) is 24.6 Å². The average molecular weight is 375 g/mol. The van der Waals surface area contributed by atoms with Crippen LogP contribution in [0.3, 0.4) is 0 Å². The van der Waals surface area contributed by atoms with Crippen molar-refractivity contribution in [2.45, 2.75) is 39.3 Å². The van der Waals surface area contributed by atoms with Crippen molar-refractivity contribution < 1.29 is 19.1 Å². The van der Waals surface area contributed by atoms with Crippen molar-refractivity contribution in [2.75, 3.05) is 26.7 Å². The van der Waals surface area contributed by atoms with Crippen LogP contribution < -0.4 is 10.6 Å². The second-order valence-corrected chi connectivity index (χ2v) is 7.19. The molecule has 1 aliphatic rings. The van der Waals surface area contributed by atoms with Gasteiger partial charge in [-0.15, -0.1) is 0 Å². The van der Waals surface area contributed by atoms with Crippen LogP contribution in [0.2, 0.25) is 0 Å². The van der Waals surface area contributed by atoms with Gasteiger partial charge in [0.1, 0.15) is 0 Å². The number of methoxy groups -OCH3 is 1. The molecule has 1 aliphatic heterocycles. The second kappa shape index (κ2) is 10.1. The molecule has 2 rings (SSSR count). The molecule has 1 unspecified atom stereocenters. The van der Waals surface area contributed by atoms with Crippen LogP contribution in [0.5, 0.6) is 0 Å². The van der Waals surface area contributed by atoms with E-state index >= 15 is 0 Å². The molecule has 0 radical (unpaired) electrons. The van der Waals surface area contributed by atoms with E-state index in [1.807, 2.05) is 0 Å². The van der Waals surface area contributed by atoms with E-state index in [1.165, 1.54) is 7.11 Å². The lowest BCUT2D eigenvalue weighted by atomic mass is 10.1. The Morgan fingerprint density at radius 3 is 2.63 bits per heavy atom. The number of piperazine rings is 1. The lowest BCUT2D eigenvalue weighted by Gasteiger charge is -2.35. The topological polar surface area (TPSA) is 87.7 Å². The maximum Gasteiger partial charge on any atom is 0.337 e. The molecule has 1 saturated heterocycles. The van der Waals surface area contributed by atoms with Crippen LogP contribution in [0, 0.1) is 5.92 Å². The zero-order chi connectivity index (χ0) is 19.8. The summed E-state index contributed by atoms with van der Waals surface area (Å²) in [7, 11) is 1.34. The van der Waals surface area contributed by atoms with Gasteiger partial charge < -0.3 is 15.4 Å². The third kappa shape index (κ3) is 6.36. The van der Waals surface area contributed by atoms with Gasteiger partial charge in [-0.3, -0.25) is 14.5 Å². The van der Waals surface area contributed by atoms with Crippen LogP contribution in [0.1, 0.15) is 42.6 Å². The van der Waals surface area contributed by atoms with Crippen LogP contribution in [-0.2, 0) is 20.9 Å². The van der Waals surface area contributed by atoms with E-state index in [1.54, 1.807) is 24.3 Å². The minimum atomic E-state index is -0.417. The standard InChI is InChI=1S/C20H29N3O4/c1-14(2)8-10-23-11-9-21-19(25)17(23)12-18(24)22-13-15-4-6-16(7-5-15)20(26)27-3/h4-7,14,17H,8-13H2,1-3H3,(H,21,25)(H,22,24). The summed E-state index contributed by atoms with van der Waals surface area (Å²) in [5.74, 6) is -0.0842. The number of carbonyl (C=O) groups is 3. The highest BCUT2D eigenvalue weighted by molar-refractivity contribution is 5.89. The highest BCUT2D eigenvalue weighted by Gasteiger charge is 2.31. The molecular weight excluding hydrogens is 346 g/mol. The van der Waals surface area contributed by atoms with Gasteiger partial charge >= 0.3 is 5.97 Å². The Labute approximate surface area is 160 Å². The van der Waals surface area contributed by atoms with Gasteiger partial charge in [0, 0.05) is 19.6 Å². The Balaban J connectivity index is 1.87. The maximum absolute atomic E-state index is 12.3. The fourth-order valence-electron chi connectivity index (χ4n) is 3.00. The fourth-order valence-corrected chi connectivity index (χ4v) is 3.00. The van der Waals surface area contributed by atoms with Gasteiger partial charge in [0.15, 0.2) is 0 Å². The Hall–Kier alpha value is -2.41. The van der Waals surface area contributed by atoms with Crippen molar-refractivity contribution in [1.29, 1.82) is 0 Å². The van der Waals surface area contributed by atoms with Crippen LogP contribution in [-0.4, -0.2) is 55.5 Å².